The summed E-state index contributed by atoms with van der Waals surface area (Å²) < 4.78 is 0. The Bertz CT molecular complexity index is 333. The van der Waals surface area contributed by atoms with Crippen molar-refractivity contribution in [2.45, 2.75) is 0 Å². The van der Waals surface area contributed by atoms with Crippen molar-refractivity contribution in [1.82, 2.24) is 0 Å². The van der Waals surface area contributed by atoms with E-state index in [2.05, 4.69) is 17.4 Å². The molecule has 0 bridgehead atoms. The first kappa shape index (κ1) is 9.41. The van der Waals surface area contributed by atoms with Crippen molar-refractivity contribution < 1.29 is 0 Å². The predicted molar refractivity (Wildman–Crippen MR) is 57.8 cm³/mol. The molecule has 0 amide bonds. The Labute approximate surface area is 79.7 Å². The maximum absolute atomic E-state index is 5.30. The Morgan fingerprint density at radius 2 is 2.38 bits per heavy atom. The van der Waals surface area contributed by atoms with Crippen LogP contribution >= 0.6 is 0 Å². The number of nitrogens with zero attached hydrogens (tertiary/aromatic N) is 1. The largest absolute Gasteiger partial charge is 0.371 e. The van der Waals surface area contributed by atoms with Gasteiger partial charge in [0.2, 0.25) is 0 Å². The molecule has 0 fully saturated rings. The van der Waals surface area contributed by atoms with Gasteiger partial charge in [0.05, 0.1) is 0 Å². The molecule has 0 aliphatic carbocycles. The van der Waals surface area contributed by atoms with E-state index in [1.165, 1.54) is 0 Å². The molecule has 0 atom stereocenters. The number of rotatable bonds is 3. The quantitative estimate of drug-likeness (QED) is 0.498. The molecule has 1 rings (SSSR count). The van der Waals surface area contributed by atoms with E-state index in [4.69, 9.17) is 6.42 Å². The first-order valence-corrected chi connectivity index (χ1v) is 4.16. The minimum atomic E-state index is 0.827. The number of likely N-dealkylation sites (N-methyl/N-ethyl adjacent to an activating group) is 1. The lowest BCUT2D eigenvalue weighted by molar-refractivity contribution is 1.03. The minimum absolute atomic E-state index is 0.827. The molecule has 1 heteroatoms. The van der Waals surface area contributed by atoms with Crippen molar-refractivity contribution in [3.05, 3.63) is 42.5 Å². The summed E-state index contributed by atoms with van der Waals surface area (Å²) in [5.41, 5.74) is 2.03. The predicted octanol–water partition coefficient (Wildman–Crippen LogP) is 2.29. The van der Waals surface area contributed by atoms with Crippen LogP contribution < -0.4 is 4.90 Å². The normalized spacial score (nSPS) is 8.92. The average Bonchev–Trinajstić information content (AvgIpc) is 2.18. The van der Waals surface area contributed by atoms with Gasteiger partial charge < -0.3 is 4.90 Å². The van der Waals surface area contributed by atoms with E-state index in [1.807, 2.05) is 37.4 Å². The van der Waals surface area contributed by atoms with Gasteiger partial charge in [0.1, 0.15) is 0 Å². The Morgan fingerprint density at radius 1 is 1.62 bits per heavy atom. The molecule has 13 heavy (non-hydrogen) atoms. The van der Waals surface area contributed by atoms with E-state index < -0.39 is 0 Å². The SMILES string of the molecule is C#Cc1cccc(N(C)CC=C)c1. The zero-order valence-electron chi connectivity index (χ0n) is 7.83. The summed E-state index contributed by atoms with van der Waals surface area (Å²) in [5, 5.41) is 0. The van der Waals surface area contributed by atoms with Crippen molar-refractivity contribution in [3.8, 4) is 12.3 Å². The molecule has 1 aromatic carbocycles. The van der Waals surface area contributed by atoms with Crippen molar-refractivity contribution in [2.75, 3.05) is 18.5 Å². The van der Waals surface area contributed by atoms with E-state index >= 15 is 0 Å². The summed E-state index contributed by atoms with van der Waals surface area (Å²) in [6.45, 7) is 4.51. The van der Waals surface area contributed by atoms with Crippen LogP contribution in [0, 0.1) is 12.3 Å². The van der Waals surface area contributed by atoms with Crippen LogP contribution in [0.2, 0.25) is 0 Å². The number of hydrogen-bond donors (Lipinski definition) is 0. The topological polar surface area (TPSA) is 3.24 Å². The summed E-state index contributed by atoms with van der Waals surface area (Å²) in [5.74, 6) is 2.61. The van der Waals surface area contributed by atoms with Gasteiger partial charge in [0.15, 0.2) is 0 Å². The van der Waals surface area contributed by atoms with Gasteiger partial charge in [0, 0.05) is 24.8 Å². The lowest BCUT2D eigenvalue weighted by atomic mass is 10.2. The second kappa shape index (κ2) is 4.37. The fraction of sp³-hybridized carbons (Fsp3) is 0.167. The zero-order chi connectivity index (χ0) is 9.68. The summed E-state index contributed by atoms with van der Waals surface area (Å²) in [7, 11) is 2.01. The number of hydrogen-bond acceptors (Lipinski definition) is 1. The molecule has 0 heterocycles. The van der Waals surface area contributed by atoms with Crippen LogP contribution in [0.3, 0.4) is 0 Å². The summed E-state index contributed by atoms with van der Waals surface area (Å²) in [6, 6.07) is 7.91. The lowest BCUT2D eigenvalue weighted by Gasteiger charge is -2.16. The van der Waals surface area contributed by atoms with Crippen LogP contribution in [0.25, 0.3) is 0 Å². The number of anilines is 1. The molecular formula is C12H13N. The molecule has 0 aliphatic rings. The zero-order valence-corrected chi connectivity index (χ0v) is 7.83. The Balaban J connectivity index is 2.89. The first-order valence-electron chi connectivity index (χ1n) is 4.16. The van der Waals surface area contributed by atoms with Gasteiger partial charge in [0.25, 0.3) is 0 Å². The van der Waals surface area contributed by atoms with E-state index in [9.17, 15) is 0 Å². The third kappa shape index (κ3) is 2.38. The maximum atomic E-state index is 5.30. The van der Waals surface area contributed by atoms with Gasteiger partial charge in [-0.05, 0) is 18.2 Å². The Morgan fingerprint density at radius 3 is 3.00 bits per heavy atom. The smallest absolute Gasteiger partial charge is 0.0378 e. The van der Waals surface area contributed by atoms with E-state index in [-0.39, 0.29) is 0 Å². The van der Waals surface area contributed by atoms with Crippen LogP contribution in [0.15, 0.2) is 36.9 Å². The van der Waals surface area contributed by atoms with E-state index in [0.717, 1.165) is 17.8 Å². The van der Waals surface area contributed by atoms with Gasteiger partial charge in [-0.1, -0.05) is 18.1 Å². The van der Waals surface area contributed by atoms with E-state index in [1.54, 1.807) is 0 Å². The molecule has 0 saturated heterocycles. The first-order chi connectivity index (χ1) is 6.27. The van der Waals surface area contributed by atoms with Gasteiger partial charge in [-0.3, -0.25) is 0 Å². The molecular weight excluding hydrogens is 158 g/mol. The van der Waals surface area contributed by atoms with Crippen LogP contribution in [0.1, 0.15) is 5.56 Å². The van der Waals surface area contributed by atoms with Crippen molar-refractivity contribution >= 4 is 5.69 Å². The molecule has 0 radical (unpaired) electrons. The second-order valence-corrected chi connectivity index (χ2v) is 2.86. The molecule has 1 nitrogen and oxygen atoms in total. The van der Waals surface area contributed by atoms with E-state index in [0.29, 0.717) is 0 Å². The molecule has 0 aliphatic heterocycles. The van der Waals surface area contributed by atoms with Gasteiger partial charge >= 0.3 is 0 Å². The molecule has 0 unspecified atom stereocenters. The summed E-state index contributed by atoms with van der Waals surface area (Å²) in [4.78, 5) is 2.09. The molecule has 1 aromatic rings. The molecule has 0 aromatic heterocycles. The highest BCUT2D eigenvalue weighted by Gasteiger charge is 1.97. The molecule has 66 valence electrons. The van der Waals surface area contributed by atoms with Crippen LogP contribution in [-0.2, 0) is 0 Å². The fourth-order valence-corrected chi connectivity index (χ4v) is 1.13. The van der Waals surface area contributed by atoms with Gasteiger partial charge in [-0.15, -0.1) is 13.0 Å². The van der Waals surface area contributed by atoms with Crippen LogP contribution in [0.5, 0.6) is 0 Å². The van der Waals surface area contributed by atoms with Gasteiger partial charge in [-0.25, -0.2) is 0 Å². The standard InChI is InChI=1S/C12H13N/c1-4-9-13(3)12-8-6-7-11(5-2)10-12/h2,4,6-8,10H,1,9H2,3H3. The maximum Gasteiger partial charge on any atom is 0.0378 e. The fourth-order valence-electron chi connectivity index (χ4n) is 1.13. The Kier molecular flexibility index (Phi) is 3.16. The number of benzene rings is 1. The van der Waals surface area contributed by atoms with Crippen molar-refractivity contribution in [2.24, 2.45) is 0 Å². The highest BCUT2D eigenvalue weighted by molar-refractivity contribution is 5.51. The third-order valence-corrected chi connectivity index (χ3v) is 1.86. The molecule has 0 saturated carbocycles. The second-order valence-electron chi connectivity index (χ2n) is 2.86. The minimum Gasteiger partial charge on any atom is -0.371 e. The van der Waals surface area contributed by atoms with Crippen molar-refractivity contribution in [1.29, 1.82) is 0 Å². The van der Waals surface area contributed by atoms with Crippen molar-refractivity contribution in [3.63, 3.8) is 0 Å². The monoisotopic (exact) mass is 171 g/mol. The number of terminal acetylenes is 1. The lowest BCUT2D eigenvalue weighted by Crippen LogP contribution is -2.16. The molecule has 0 N–H and O–H groups in total. The average molecular weight is 171 g/mol. The van der Waals surface area contributed by atoms with Crippen LogP contribution in [0.4, 0.5) is 5.69 Å². The third-order valence-electron chi connectivity index (χ3n) is 1.86. The van der Waals surface area contributed by atoms with Gasteiger partial charge in [-0.2, -0.15) is 0 Å². The highest BCUT2D eigenvalue weighted by atomic mass is 15.1. The summed E-state index contributed by atoms with van der Waals surface area (Å²) >= 11 is 0. The molecule has 0 spiro atoms. The van der Waals surface area contributed by atoms with Crippen LogP contribution in [-0.4, -0.2) is 13.6 Å². The Hall–Kier alpha value is -1.68. The highest BCUT2D eigenvalue weighted by Crippen LogP contribution is 2.13. The summed E-state index contributed by atoms with van der Waals surface area (Å²) in [6.07, 6.45) is 7.17.